The lowest BCUT2D eigenvalue weighted by atomic mass is 10.1. The van der Waals surface area contributed by atoms with Gasteiger partial charge in [-0.2, -0.15) is 5.26 Å². The van der Waals surface area contributed by atoms with E-state index in [2.05, 4.69) is 15.9 Å². The highest BCUT2D eigenvalue weighted by atomic mass is 79.9. The minimum Gasteiger partial charge on any atom is -0.323 e. The molecule has 0 fully saturated rings. The molecular formula is C12H12BrFN2O. The van der Waals surface area contributed by atoms with Crippen molar-refractivity contribution in [2.75, 3.05) is 6.54 Å². The molecule has 0 spiro atoms. The molecule has 0 aliphatic heterocycles. The molecule has 3 nitrogen and oxygen atoms in total. The Hall–Kier alpha value is -1.41. The fourth-order valence-corrected chi connectivity index (χ4v) is 1.92. The second kappa shape index (κ2) is 5.78. The quantitative estimate of drug-likeness (QED) is 0.805. The van der Waals surface area contributed by atoms with Gasteiger partial charge in [0.15, 0.2) is 0 Å². The molecule has 0 saturated heterocycles. The zero-order chi connectivity index (χ0) is 13.0. The van der Waals surface area contributed by atoms with Crippen molar-refractivity contribution < 1.29 is 9.18 Å². The molecule has 0 N–H and O–H groups in total. The molecule has 1 aromatic carbocycles. The smallest absolute Gasteiger partial charge is 0.259 e. The Balaban J connectivity index is 3.15. The van der Waals surface area contributed by atoms with Crippen molar-refractivity contribution >= 4 is 21.8 Å². The zero-order valence-electron chi connectivity index (χ0n) is 9.58. The van der Waals surface area contributed by atoms with E-state index in [1.165, 1.54) is 17.0 Å². The molecule has 1 amide bonds. The summed E-state index contributed by atoms with van der Waals surface area (Å²) in [5.41, 5.74) is -0.0311. The zero-order valence-corrected chi connectivity index (χ0v) is 11.2. The Kier molecular flexibility index (Phi) is 4.64. The average molecular weight is 299 g/mol. The lowest BCUT2D eigenvalue weighted by Crippen LogP contribution is -2.37. The van der Waals surface area contributed by atoms with Crippen LogP contribution in [0.15, 0.2) is 22.7 Å². The summed E-state index contributed by atoms with van der Waals surface area (Å²) in [4.78, 5) is 13.4. The lowest BCUT2D eigenvalue weighted by Gasteiger charge is -2.24. The van der Waals surface area contributed by atoms with Crippen LogP contribution in [0.3, 0.4) is 0 Å². The molecule has 0 atom stereocenters. The molecule has 90 valence electrons. The predicted molar refractivity (Wildman–Crippen MR) is 65.9 cm³/mol. The van der Waals surface area contributed by atoms with E-state index < -0.39 is 11.7 Å². The van der Waals surface area contributed by atoms with Gasteiger partial charge in [0.1, 0.15) is 12.4 Å². The maximum atomic E-state index is 13.6. The third-order valence-corrected chi connectivity index (χ3v) is 2.96. The van der Waals surface area contributed by atoms with Gasteiger partial charge >= 0.3 is 0 Å². The average Bonchev–Trinajstić information content (AvgIpc) is 2.24. The molecule has 1 aromatic rings. The summed E-state index contributed by atoms with van der Waals surface area (Å²) < 4.78 is 14.0. The summed E-state index contributed by atoms with van der Waals surface area (Å²) in [6.07, 6.45) is 0. The lowest BCUT2D eigenvalue weighted by molar-refractivity contribution is 0.0725. The molecule has 17 heavy (non-hydrogen) atoms. The first-order valence-corrected chi connectivity index (χ1v) is 5.90. The topological polar surface area (TPSA) is 44.1 Å². The fourth-order valence-electron chi connectivity index (χ4n) is 1.41. The van der Waals surface area contributed by atoms with Crippen molar-refractivity contribution in [2.45, 2.75) is 19.9 Å². The van der Waals surface area contributed by atoms with Crippen LogP contribution in [0.25, 0.3) is 0 Å². The predicted octanol–water partition coefficient (Wildman–Crippen LogP) is 2.96. The first-order valence-electron chi connectivity index (χ1n) is 5.11. The molecule has 0 bridgehead atoms. The largest absolute Gasteiger partial charge is 0.323 e. The van der Waals surface area contributed by atoms with E-state index in [9.17, 15) is 9.18 Å². The summed E-state index contributed by atoms with van der Waals surface area (Å²) in [7, 11) is 0. The number of amides is 1. The highest BCUT2D eigenvalue weighted by molar-refractivity contribution is 9.10. The van der Waals surface area contributed by atoms with Crippen molar-refractivity contribution in [3.05, 3.63) is 34.1 Å². The Bertz CT molecular complexity index is 448. The summed E-state index contributed by atoms with van der Waals surface area (Å²) >= 11 is 3.15. The van der Waals surface area contributed by atoms with Crippen LogP contribution >= 0.6 is 15.9 Å². The molecule has 0 aromatic heterocycles. The molecule has 5 heteroatoms. The standard InChI is InChI=1S/C12H12BrFN2O/c1-8(2)16(7-6-15)12(17)11-9(13)4-3-5-10(11)14/h3-5,8H,7H2,1-2H3. The SMILES string of the molecule is CC(C)N(CC#N)C(=O)c1c(F)cccc1Br. The third kappa shape index (κ3) is 3.04. The van der Waals surface area contributed by atoms with Gasteiger partial charge in [-0.1, -0.05) is 6.07 Å². The van der Waals surface area contributed by atoms with Crippen LogP contribution in [0.5, 0.6) is 0 Å². The fraction of sp³-hybridized carbons (Fsp3) is 0.333. The molecular weight excluding hydrogens is 287 g/mol. The second-order valence-corrected chi connectivity index (χ2v) is 4.64. The van der Waals surface area contributed by atoms with Crippen molar-refractivity contribution in [3.63, 3.8) is 0 Å². The molecule has 0 radical (unpaired) electrons. The van der Waals surface area contributed by atoms with E-state index >= 15 is 0 Å². The normalized spacial score (nSPS) is 10.1. The van der Waals surface area contributed by atoms with Crippen LogP contribution in [0.2, 0.25) is 0 Å². The van der Waals surface area contributed by atoms with Gasteiger partial charge in [-0.25, -0.2) is 4.39 Å². The number of benzene rings is 1. The van der Waals surface area contributed by atoms with Crippen molar-refractivity contribution in [1.82, 2.24) is 4.90 Å². The van der Waals surface area contributed by atoms with Gasteiger partial charge in [-0.3, -0.25) is 4.79 Å². The van der Waals surface area contributed by atoms with Gasteiger partial charge in [0, 0.05) is 10.5 Å². The van der Waals surface area contributed by atoms with Crippen molar-refractivity contribution in [3.8, 4) is 6.07 Å². The number of carbonyl (C=O) groups is 1. The van der Waals surface area contributed by atoms with Crippen LogP contribution in [0.4, 0.5) is 4.39 Å². The third-order valence-electron chi connectivity index (χ3n) is 2.30. The van der Waals surface area contributed by atoms with E-state index in [1.54, 1.807) is 19.9 Å². The number of nitriles is 1. The monoisotopic (exact) mass is 298 g/mol. The number of hydrogen-bond donors (Lipinski definition) is 0. The Morgan fingerprint density at radius 2 is 2.24 bits per heavy atom. The first kappa shape index (κ1) is 13.7. The Morgan fingerprint density at radius 3 is 2.71 bits per heavy atom. The summed E-state index contributed by atoms with van der Waals surface area (Å²) in [6.45, 7) is 3.51. The number of halogens is 2. The van der Waals surface area contributed by atoms with Crippen LogP contribution in [-0.2, 0) is 0 Å². The molecule has 1 rings (SSSR count). The molecule has 0 heterocycles. The van der Waals surface area contributed by atoms with E-state index in [0.717, 1.165) is 0 Å². The maximum absolute atomic E-state index is 13.6. The van der Waals surface area contributed by atoms with E-state index in [-0.39, 0.29) is 18.2 Å². The Morgan fingerprint density at radius 1 is 1.59 bits per heavy atom. The number of nitrogens with zero attached hydrogens (tertiary/aromatic N) is 2. The van der Waals surface area contributed by atoms with Gasteiger partial charge in [0.25, 0.3) is 5.91 Å². The van der Waals surface area contributed by atoms with E-state index in [4.69, 9.17) is 5.26 Å². The highest BCUT2D eigenvalue weighted by Gasteiger charge is 2.23. The number of hydrogen-bond acceptors (Lipinski definition) is 2. The van der Waals surface area contributed by atoms with Crippen LogP contribution < -0.4 is 0 Å². The summed E-state index contributed by atoms with van der Waals surface area (Å²) in [5, 5.41) is 8.67. The molecule has 0 aliphatic carbocycles. The second-order valence-electron chi connectivity index (χ2n) is 3.78. The summed E-state index contributed by atoms with van der Waals surface area (Å²) in [5.74, 6) is -1.07. The number of rotatable bonds is 3. The Labute approximate surface area is 108 Å². The number of carbonyl (C=O) groups excluding carboxylic acids is 1. The molecule has 0 aliphatic rings. The van der Waals surface area contributed by atoms with Gasteiger partial charge in [0.2, 0.25) is 0 Å². The molecule has 0 saturated carbocycles. The van der Waals surface area contributed by atoms with Crippen LogP contribution in [-0.4, -0.2) is 23.4 Å². The van der Waals surface area contributed by atoms with Gasteiger partial charge < -0.3 is 4.90 Å². The minimum atomic E-state index is -0.590. The van der Waals surface area contributed by atoms with Gasteiger partial charge in [0.05, 0.1) is 11.6 Å². The van der Waals surface area contributed by atoms with Gasteiger partial charge in [-0.15, -0.1) is 0 Å². The van der Waals surface area contributed by atoms with E-state index in [0.29, 0.717) is 4.47 Å². The minimum absolute atomic E-state index is 0.0311. The van der Waals surface area contributed by atoms with Crippen molar-refractivity contribution in [2.24, 2.45) is 0 Å². The highest BCUT2D eigenvalue weighted by Crippen LogP contribution is 2.22. The van der Waals surface area contributed by atoms with Gasteiger partial charge in [-0.05, 0) is 41.9 Å². The summed E-state index contributed by atoms with van der Waals surface area (Å²) in [6, 6.07) is 6.08. The van der Waals surface area contributed by atoms with Crippen LogP contribution in [0, 0.1) is 17.1 Å². The van der Waals surface area contributed by atoms with Crippen LogP contribution in [0.1, 0.15) is 24.2 Å². The van der Waals surface area contributed by atoms with Crippen molar-refractivity contribution in [1.29, 1.82) is 5.26 Å². The molecule has 0 unspecified atom stereocenters. The maximum Gasteiger partial charge on any atom is 0.259 e. The van der Waals surface area contributed by atoms with E-state index in [1.807, 2.05) is 6.07 Å². The first-order chi connectivity index (χ1) is 7.99.